The fourth-order valence-electron chi connectivity index (χ4n) is 2.05. The highest BCUT2D eigenvalue weighted by Crippen LogP contribution is 2.32. The first-order valence-corrected chi connectivity index (χ1v) is 6.02. The molecule has 3 heteroatoms. The first kappa shape index (κ1) is 11.1. The van der Waals surface area contributed by atoms with Gasteiger partial charge < -0.3 is 10.1 Å². The Labute approximate surface area is 99.1 Å². The van der Waals surface area contributed by atoms with Gasteiger partial charge in [-0.2, -0.15) is 0 Å². The van der Waals surface area contributed by atoms with E-state index in [4.69, 9.17) is 4.74 Å². The van der Waals surface area contributed by atoms with Gasteiger partial charge in [-0.25, -0.2) is 0 Å². The smallest absolute Gasteiger partial charge is 0.0471 e. The molecular formula is C12H16BrNO. The molecule has 0 radical (unpaired) electrons. The summed E-state index contributed by atoms with van der Waals surface area (Å²) in [4.78, 5) is 0. The third kappa shape index (κ3) is 2.25. The van der Waals surface area contributed by atoms with E-state index in [-0.39, 0.29) is 0 Å². The molecule has 2 rings (SSSR count). The molecule has 1 aromatic carbocycles. The molecule has 2 nitrogen and oxygen atoms in total. The Balaban J connectivity index is 2.14. The molecule has 1 saturated heterocycles. The Kier molecular flexibility index (Phi) is 3.44. The molecule has 0 amide bonds. The van der Waals surface area contributed by atoms with Gasteiger partial charge in [0.2, 0.25) is 0 Å². The summed E-state index contributed by atoms with van der Waals surface area (Å²) in [7, 11) is 1.77. The number of rotatable bonds is 4. The number of ether oxygens (including phenoxy) is 1. The van der Waals surface area contributed by atoms with Crippen LogP contribution in [0.1, 0.15) is 12.0 Å². The molecule has 1 aromatic rings. The standard InChI is InChI=1S/C12H16BrNO/c1-15-7-6-12(8-14-9-12)10-2-4-11(13)5-3-10/h2-5,14H,6-9H2,1H3. The first-order valence-electron chi connectivity index (χ1n) is 5.23. The maximum Gasteiger partial charge on any atom is 0.0471 e. The van der Waals surface area contributed by atoms with Crippen LogP contribution in [0.4, 0.5) is 0 Å². The zero-order valence-electron chi connectivity index (χ0n) is 8.92. The Morgan fingerprint density at radius 2 is 2.00 bits per heavy atom. The lowest BCUT2D eigenvalue weighted by Crippen LogP contribution is -2.57. The van der Waals surface area contributed by atoms with Crippen LogP contribution in [0.25, 0.3) is 0 Å². The van der Waals surface area contributed by atoms with E-state index in [0.29, 0.717) is 5.41 Å². The summed E-state index contributed by atoms with van der Waals surface area (Å²) in [6.45, 7) is 2.97. The molecule has 0 aliphatic carbocycles. The van der Waals surface area contributed by atoms with Crippen molar-refractivity contribution in [2.75, 3.05) is 26.8 Å². The monoisotopic (exact) mass is 269 g/mol. The van der Waals surface area contributed by atoms with Gasteiger partial charge in [0.15, 0.2) is 0 Å². The molecule has 1 aliphatic heterocycles. The molecule has 1 heterocycles. The Hall–Kier alpha value is -0.380. The summed E-state index contributed by atoms with van der Waals surface area (Å²) in [6, 6.07) is 8.64. The van der Waals surface area contributed by atoms with Crippen molar-refractivity contribution in [3.05, 3.63) is 34.3 Å². The van der Waals surface area contributed by atoms with Crippen LogP contribution in [0.3, 0.4) is 0 Å². The number of nitrogens with one attached hydrogen (secondary N) is 1. The number of benzene rings is 1. The van der Waals surface area contributed by atoms with Crippen LogP contribution in [-0.2, 0) is 10.2 Å². The molecule has 0 unspecified atom stereocenters. The zero-order chi connectivity index (χ0) is 10.7. The number of hydrogen-bond acceptors (Lipinski definition) is 2. The second kappa shape index (κ2) is 4.64. The Morgan fingerprint density at radius 1 is 1.33 bits per heavy atom. The molecule has 0 bridgehead atoms. The van der Waals surface area contributed by atoms with E-state index in [2.05, 4.69) is 45.5 Å². The molecule has 1 N–H and O–H groups in total. The lowest BCUT2D eigenvalue weighted by Gasteiger charge is -2.43. The average molecular weight is 270 g/mol. The number of halogens is 1. The van der Waals surface area contributed by atoms with Gasteiger partial charge >= 0.3 is 0 Å². The van der Waals surface area contributed by atoms with Gasteiger partial charge in [0, 0.05) is 36.7 Å². The van der Waals surface area contributed by atoms with E-state index in [1.165, 1.54) is 5.56 Å². The molecule has 82 valence electrons. The van der Waals surface area contributed by atoms with Crippen molar-refractivity contribution in [1.82, 2.24) is 5.32 Å². The van der Waals surface area contributed by atoms with Crippen LogP contribution in [0.5, 0.6) is 0 Å². The Morgan fingerprint density at radius 3 is 2.47 bits per heavy atom. The molecule has 0 aromatic heterocycles. The van der Waals surface area contributed by atoms with Crippen LogP contribution >= 0.6 is 15.9 Å². The molecule has 0 atom stereocenters. The van der Waals surface area contributed by atoms with Crippen molar-refractivity contribution < 1.29 is 4.74 Å². The van der Waals surface area contributed by atoms with Crippen molar-refractivity contribution in [2.24, 2.45) is 0 Å². The molecule has 0 spiro atoms. The fourth-order valence-corrected chi connectivity index (χ4v) is 2.32. The predicted octanol–water partition coefficient (Wildman–Crippen LogP) is 2.33. The fraction of sp³-hybridized carbons (Fsp3) is 0.500. The van der Waals surface area contributed by atoms with Crippen molar-refractivity contribution in [3.63, 3.8) is 0 Å². The summed E-state index contributed by atoms with van der Waals surface area (Å²) in [6.07, 6.45) is 1.10. The number of methoxy groups -OCH3 is 1. The van der Waals surface area contributed by atoms with Crippen LogP contribution in [0, 0.1) is 0 Å². The highest BCUT2D eigenvalue weighted by atomic mass is 79.9. The minimum absolute atomic E-state index is 0.302. The third-order valence-electron chi connectivity index (χ3n) is 3.17. The first-order chi connectivity index (χ1) is 7.27. The van der Waals surface area contributed by atoms with Gasteiger partial charge in [0.25, 0.3) is 0 Å². The van der Waals surface area contributed by atoms with Crippen molar-refractivity contribution in [3.8, 4) is 0 Å². The van der Waals surface area contributed by atoms with E-state index in [1.54, 1.807) is 7.11 Å². The van der Waals surface area contributed by atoms with Gasteiger partial charge in [-0.15, -0.1) is 0 Å². The molecule has 15 heavy (non-hydrogen) atoms. The molecular weight excluding hydrogens is 254 g/mol. The summed E-state index contributed by atoms with van der Waals surface area (Å²) in [5.74, 6) is 0. The third-order valence-corrected chi connectivity index (χ3v) is 3.70. The Bertz CT molecular complexity index is 319. The second-order valence-electron chi connectivity index (χ2n) is 4.13. The summed E-state index contributed by atoms with van der Waals surface area (Å²) in [5.41, 5.74) is 1.72. The average Bonchev–Trinajstić information content (AvgIpc) is 2.19. The van der Waals surface area contributed by atoms with Crippen molar-refractivity contribution in [1.29, 1.82) is 0 Å². The van der Waals surface area contributed by atoms with Gasteiger partial charge in [0.05, 0.1) is 0 Å². The molecule has 1 fully saturated rings. The lowest BCUT2D eigenvalue weighted by atomic mass is 9.73. The van der Waals surface area contributed by atoms with Crippen molar-refractivity contribution >= 4 is 15.9 Å². The van der Waals surface area contributed by atoms with Gasteiger partial charge in [-0.3, -0.25) is 0 Å². The van der Waals surface area contributed by atoms with E-state index >= 15 is 0 Å². The quantitative estimate of drug-likeness (QED) is 0.906. The normalized spacial score (nSPS) is 18.5. The van der Waals surface area contributed by atoms with Crippen LogP contribution in [-0.4, -0.2) is 26.8 Å². The topological polar surface area (TPSA) is 21.3 Å². The summed E-state index contributed by atoms with van der Waals surface area (Å²) >= 11 is 3.46. The van der Waals surface area contributed by atoms with Gasteiger partial charge in [-0.1, -0.05) is 28.1 Å². The summed E-state index contributed by atoms with van der Waals surface area (Å²) in [5, 5.41) is 3.36. The van der Waals surface area contributed by atoms with Crippen LogP contribution in [0.15, 0.2) is 28.7 Å². The van der Waals surface area contributed by atoms with E-state index in [1.807, 2.05) is 0 Å². The lowest BCUT2D eigenvalue weighted by molar-refractivity contribution is 0.142. The van der Waals surface area contributed by atoms with E-state index in [9.17, 15) is 0 Å². The summed E-state index contributed by atoms with van der Waals surface area (Å²) < 4.78 is 6.32. The SMILES string of the molecule is COCCC1(c2ccc(Br)cc2)CNC1. The highest BCUT2D eigenvalue weighted by Gasteiger charge is 2.37. The largest absolute Gasteiger partial charge is 0.385 e. The maximum atomic E-state index is 5.18. The number of hydrogen-bond donors (Lipinski definition) is 1. The van der Waals surface area contributed by atoms with Gasteiger partial charge in [0.1, 0.15) is 0 Å². The molecule has 0 saturated carbocycles. The molecule has 1 aliphatic rings. The maximum absolute atomic E-state index is 5.18. The second-order valence-corrected chi connectivity index (χ2v) is 5.05. The minimum Gasteiger partial charge on any atom is -0.385 e. The zero-order valence-corrected chi connectivity index (χ0v) is 10.5. The van der Waals surface area contributed by atoms with Crippen LogP contribution < -0.4 is 5.32 Å². The van der Waals surface area contributed by atoms with E-state index < -0.39 is 0 Å². The van der Waals surface area contributed by atoms with Crippen LogP contribution in [0.2, 0.25) is 0 Å². The van der Waals surface area contributed by atoms with E-state index in [0.717, 1.165) is 30.6 Å². The van der Waals surface area contributed by atoms with Gasteiger partial charge in [-0.05, 0) is 24.1 Å². The predicted molar refractivity (Wildman–Crippen MR) is 65.2 cm³/mol. The van der Waals surface area contributed by atoms with Crippen molar-refractivity contribution in [2.45, 2.75) is 11.8 Å². The minimum atomic E-state index is 0.302. The highest BCUT2D eigenvalue weighted by molar-refractivity contribution is 9.10.